The lowest BCUT2D eigenvalue weighted by molar-refractivity contribution is -0.903. The first-order chi connectivity index (χ1) is 14.0. The van der Waals surface area contributed by atoms with E-state index in [9.17, 15) is 4.79 Å². The quantitative estimate of drug-likeness (QED) is 0.619. The van der Waals surface area contributed by atoms with E-state index in [-0.39, 0.29) is 23.4 Å². The Morgan fingerprint density at radius 1 is 1.31 bits per heavy atom. The monoisotopic (exact) mass is 397 g/mol. The van der Waals surface area contributed by atoms with Crippen LogP contribution in [0.15, 0.2) is 30.6 Å². The zero-order valence-corrected chi connectivity index (χ0v) is 17.5. The van der Waals surface area contributed by atoms with E-state index in [1.54, 1.807) is 12.4 Å². The van der Waals surface area contributed by atoms with Gasteiger partial charge in [0.25, 0.3) is 0 Å². The molecule has 0 amide bonds. The van der Waals surface area contributed by atoms with Crippen LogP contribution in [0, 0.1) is 23.2 Å². The summed E-state index contributed by atoms with van der Waals surface area (Å²) in [5.74, 6) is 1.85. The Labute approximate surface area is 173 Å². The van der Waals surface area contributed by atoms with Crippen molar-refractivity contribution in [1.29, 1.82) is 0 Å². The highest BCUT2D eigenvalue weighted by Gasteiger charge is 2.56. The fourth-order valence-electron chi connectivity index (χ4n) is 6.48. The van der Waals surface area contributed by atoms with Crippen molar-refractivity contribution in [3.8, 4) is 0 Å². The summed E-state index contributed by atoms with van der Waals surface area (Å²) in [6.07, 6.45) is 9.48. The average Bonchev–Trinajstić information content (AvgIpc) is 3.01. The summed E-state index contributed by atoms with van der Waals surface area (Å²) in [4.78, 5) is 25.3. The molecule has 156 valence electrons. The van der Waals surface area contributed by atoms with Crippen LogP contribution in [0.1, 0.15) is 39.0 Å². The highest BCUT2D eigenvalue weighted by Crippen LogP contribution is 2.56. The zero-order valence-electron chi connectivity index (χ0n) is 17.5. The van der Waals surface area contributed by atoms with Crippen LogP contribution in [0.4, 0.5) is 5.95 Å². The van der Waals surface area contributed by atoms with Crippen molar-refractivity contribution in [2.24, 2.45) is 23.2 Å². The molecule has 0 bridgehead atoms. The number of fused-ring (bicyclic) bond motifs is 2. The van der Waals surface area contributed by atoms with E-state index in [0.29, 0.717) is 11.8 Å². The van der Waals surface area contributed by atoms with Crippen molar-refractivity contribution in [3.05, 3.63) is 30.6 Å². The van der Waals surface area contributed by atoms with Gasteiger partial charge in [-0.05, 0) is 49.5 Å². The largest absolute Gasteiger partial charge is 0.462 e. The molecule has 6 heteroatoms. The second kappa shape index (κ2) is 7.38. The molecule has 5 rings (SSSR count). The maximum Gasteiger partial charge on any atom is 0.315 e. The minimum Gasteiger partial charge on any atom is -0.462 e. The third-order valence-corrected chi connectivity index (χ3v) is 8.13. The first-order valence-electron chi connectivity index (χ1n) is 11.3. The summed E-state index contributed by atoms with van der Waals surface area (Å²) >= 11 is 0. The number of piperazine rings is 1. The number of allylic oxidation sites excluding steroid dienone is 1. The summed E-state index contributed by atoms with van der Waals surface area (Å²) in [5, 5.41) is 0. The van der Waals surface area contributed by atoms with Gasteiger partial charge >= 0.3 is 5.97 Å². The Hall–Kier alpha value is -1.95. The number of rotatable bonds is 3. The van der Waals surface area contributed by atoms with Crippen molar-refractivity contribution in [2.45, 2.75) is 45.1 Å². The van der Waals surface area contributed by atoms with E-state index in [2.05, 4.69) is 28.4 Å². The molecule has 1 N–H and O–H groups in total. The van der Waals surface area contributed by atoms with Crippen LogP contribution in [0.25, 0.3) is 0 Å². The van der Waals surface area contributed by atoms with Gasteiger partial charge in [-0.2, -0.15) is 0 Å². The zero-order chi connectivity index (χ0) is 20.0. The number of hydrogen-bond acceptors (Lipinski definition) is 5. The van der Waals surface area contributed by atoms with Crippen LogP contribution in [-0.2, 0) is 9.53 Å². The molecule has 29 heavy (non-hydrogen) atoms. The molecule has 3 heterocycles. The maximum absolute atomic E-state index is 12.8. The molecule has 2 aliphatic heterocycles. The smallest absolute Gasteiger partial charge is 0.315 e. The summed E-state index contributed by atoms with van der Waals surface area (Å²) < 4.78 is 5.95. The number of anilines is 1. The highest BCUT2D eigenvalue weighted by molar-refractivity contribution is 5.75. The van der Waals surface area contributed by atoms with Crippen molar-refractivity contribution < 1.29 is 14.4 Å². The first-order valence-corrected chi connectivity index (χ1v) is 11.3. The molecule has 6 nitrogen and oxygen atoms in total. The van der Waals surface area contributed by atoms with Gasteiger partial charge in [0.05, 0.1) is 32.7 Å². The third-order valence-electron chi connectivity index (χ3n) is 8.13. The van der Waals surface area contributed by atoms with Gasteiger partial charge in [-0.15, -0.1) is 0 Å². The van der Waals surface area contributed by atoms with Gasteiger partial charge in [0, 0.05) is 18.3 Å². The van der Waals surface area contributed by atoms with Crippen molar-refractivity contribution in [2.75, 3.05) is 37.6 Å². The van der Waals surface area contributed by atoms with Gasteiger partial charge in [-0.1, -0.05) is 19.1 Å². The topological polar surface area (TPSA) is 59.8 Å². The van der Waals surface area contributed by atoms with E-state index < -0.39 is 0 Å². The lowest BCUT2D eigenvalue weighted by Crippen LogP contribution is -3.15. The Bertz CT molecular complexity index is 776. The van der Waals surface area contributed by atoms with Gasteiger partial charge in [-0.3, -0.25) is 4.79 Å². The van der Waals surface area contributed by atoms with E-state index >= 15 is 0 Å². The summed E-state index contributed by atoms with van der Waals surface area (Å²) in [6.45, 7) is 11.6. The molecule has 0 aromatic carbocycles. The molecule has 1 aromatic rings. The summed E-state index contributed by atoms with van der Waals surface area (Å²) in [5.41, 5.74) is 1.69. The molecule has 0 unspecified atom stereocenters. The number of esters is 1. The number of carbonyl (C=O) groups is 1. The van der Waals surface area contributed by atoms with E-state index in [1.165, 1.54) is 23.3 Å². The molecule has 0 spiro atoms. The first kappa shape index (κ1) is 19.0. The maximum atomic E-state index is 12.8. The van der Waals surface area contributed by atoms with E-state index in [4.69, 9.17) is 4.74 Å². The fraction of sp³-hybridized carbons (Fsp3) is 0.696. The minimum atomic E-state index is 0.0498. The molecule has 1 aromatic heterocycles. The highest BCUT2D eigenvalue weighted by atomic mass is 16.6. The van der Waals surface area contributed by atoms with Crippen LogP contribution >= 0.6 is 0 Å². The van der Waals surface area contributed by atoms with E-state index in [1.807, 2.05) is 6.07 Å². The molecule has 2 saturated carbocycles. The Morgan fingerprint density at radius 3 is 2.83 bits per heavy atom. The number of carbonyl (C=O) groups excluding carboxylic acids is 1. The normalized spacial score (nSPS) is 37.8. The van der Waals surface area contributed by atoms with Crippen LogP contribution in [0.3, 0.4) is 0 Å². The molecule has 4 aliphatic rings. The third kappa shape index (κ3) is 3.45. The second-order valence-electron chi connectivity index (χ2n) is 9.89. The molecular formula is C23H33N4O2+. The Balaban J connectivity index is 1.23. The summed E-state index contributed by atoms with van der Waals surface area (Å²) in [6, 6.07) is 1.85. The molecule has 2 saturated heterocycles. The van der Waals surface area contributed by atoms with Gasteiger partial charge in [0.15, 0.2) is 0 Å². The van der Waals surface area contributed by atoms with Gasteiger partial charge in [-0.25, -0.2) is 9.97 Å². The Morgan fingerprint density at radius 2 is 2.07 bits per heavy atom. The Kier molecular flexibility index (Phi) is 4.85. The molecular weight excluding hydrogens is 364 g/mol. The van der Waals surface area contributed by atoms with Crippen LogP contribution < -0.4 is 9.80 Å². The number of ether oxygens (including phenoxy) is 1. The van der Waals surface area contributed by atoms with Crippen LogP contribution in [0.5, 0.6) is 0 Å². The number of aromatic nitrogens is 2. The minimum absolute atomic E-state index is 0.0498. The molecule has 0 radical (unpaired) electrons. The van der Waals surface area contributed by atoms with E-state index in [0.717, 1.165) is 57.9 Å². The summed E-state index contributed by atoms with van der Waals surface area (Å²) in [7, 11) is 0. The van der Waals surface area contributed by atoms with Gasteiger partial charge < -0.3 is 14.5 Å². The average molecular weight is 398 g/mol. The number of quaternary nitrogens is 1. The lowest BCUT2D eigenvalue weighted by atomic mass is 9.55. The second-order valence-corrected chi connectivity index (χ2v) is 9.89. The molecule has 5 atom stereocenters. The standard InChI is InChI=1S/C23H32N4O2/c1-16-5-3-6-23(2)14-20-17(13-19(16)23)18(21(28)29-20)15-26-9-11-27(12-10-26)22-24-7-4-8-25-22/h4,7-8,17-20H,1,3,5-6,9-15H2,2H3/p+1/t17-,18+,19+,20-,23-/m1/s1. The molecule has 4 fully saturated rings. The molecule has 2 aliphatic carbocycles. The lowest BCUT2D eigenvalue weighted by Gasteiger charge is -2.50. The van der Waals surface area contributed by atoms with Crippen LogP contribution in [0.2, 0.25) is 0 Å². The SMILES string of the molecule is C=C1CCC[C@]2(C)C[C@H]3OC(=O)[C@@H](C[NH+]4CCN(c5ncccn5)CC4)[C@H]3C[C@@H]12. The van der Waals surface area contributed by atoms with Crippen molar-refractivity contribution >= 4 is 11.9 Å². The number of nitrogens with zero attached hydrogens (tertiary/aromatic N) is 3. The van der Waals surface area contributed by atoms with Gasteiger partial charge in [0.2, 0.25) is 5.95 Å². The predicted octanol–water partition coefficient (Wildman–Crippen LogP) is 1.50. The number of hydrogen-bond donors (Lipinski definition) is 1. The predicted molar refractivity (Wildman–Crippen MR) is 110 cm³/mol. The van der Waals surface area contributed by atoms with Gasteiger partial charge in [0.1, 0.15) is 12.0 Å². The van der Waals surface area contributed by atoms with Crippen LogP contribution in [-0.4, -0.2) is 54.8 Å². The number of nitrogens with one attached hydrogen (secondary N) is 1. The van der Waals surface area contributed by atoms with Crippen molar-refractivity contribution in [1.82, 2.24) is 9.97 Å². The fourth-order valence-corrected chi connectivity index (χ4v) is 6.48. The van der Waals surface area contributed by atoms with Crippen molar-refractivity contribution in [3.63, 3.8) is 0 Å².